The summed E-state index contributed by atoms with van der Waals surface area (Å²) in [5.74, 6) is -0.987. The summed E-state index contributed by atoms with van der Waals surface area (Å²) in [4.78, 5) is 36.3. The average Bonchev–Trinajstić information content (AvgIpc) is 3.39. The number of alkyl halides is 3. The zero-order chi connectivity index (χ0) is 28.6. The van der Waals surface area contributed by atoms with Crippen LogP contribution in [0.15, 0.2) is 52.9 Å². The first kappa shape index (κ1) is 27.1. The second kappa shape index (κ2) is 10.6. The molecule has 40 heavy (non-hydrogen) atoms. The van der Waals surface area contributed by atoms with Crippen LogP contribution in [0.1, 0.15) is 40.0 Å². The van der Waals surface area contributed by atoms with Crippen LogP contribution in [0.3, 0.4) is 0 Å². The first-order chi connectivity index (χ1) is 19.2. The highest BCUT2D eigenvalue weighted by Gasteiger charge is 2.38. The Kier molecular flexibility index (Phi) is 7.19. The van der Waals surface area contributed by atoms with Crippen LogP contribution in [0.4, 0.5) is 13.2 Å². The number of amides is 1. The number of esters is 1. The molecule has 1 aliphatic rings. The molecule has 0 fully saturated rings. The van der Waals surface area contributed by atoms with Gasteiger partial charge in [0.05, 0.1) is 20.3 Å². The number of carbonyl (C=O) groups is 2. The molecule has 12 heteroatoms. The minimum absolute atomic E-state index is 0.0388. The van der Waals surface area contributed by atoms with E-state index in [4.69, 9.17) is 19.6 Å². The quantitative estimate of drug-likeness (QED) is 0.346. The Balaban J connectivity index is 1.58. The van der Waals surface area contributed by atoms with Crippen molar-refractivity contribution in [3.8, 4) is 17.2 Å². The van der Waals surface area contributed by atoms with Crippen LogP contribution in [-0.2, 0) is 35.2 Å². The highest BCUT2D eigenvalue weighted by molar-refractivity contribution is 5.99. The molecule has 2 aromatic carbocycles. The molecular formula is C28H25F3N4O5. The average molecular weight is 555 g/mol. The number of nitrogens with two attached hydrogens (primary N) is 1. The van der Waals surface area contributed by atoms with Gasteiger partial charge in [-0.3, -0.25) is 4.79 Å². The summed E-state index contributed by atoms with van der Waals surface area (Å²) in [6.45, 7) is 1.78. The molecule has 0 aliphatic carbocycles. The van der Waals surface area contributed by atoms with Crippen LogP contribution in [0.5, 0.6) is 5.75 Å². The fourth-order valence-electron chi connectivity index (χ4n) is 4.80. The zero-order valence-corrected chi connectivity index (χ0v) is 21.6. The lowest BCUT2D eigenvalue weighted by molar-refractivity contribution is -0.149. The third-order valence-corrected chi connectivity index (χ3v) is 6.71. The minimum atomic E-state index is -4.66. The smallest absolute Gasteiger partial charge is 0.433 e. The number of oxazole rings is 1. The van der Waals surface area contributed by atoms with Crippen molar-refractivity contribution in [1.29, 1.82) is 0 Å². The van der Waals surface area contributed by atoms with Gasteiger partial charge in [0, 0.05) is 23.9 Å². The summed E-state index contributed by atoms with van der Waals surface area (Å²) in [6.07, 6.45) is -4.40. The van der Waals surface area contributed by atoms with Gasteiger partial charge in [0.1, 0.15) is 23.0 Å². The Bertz CT molecular complexity index is 1600. The topological polar surface area (TPSA) is 121 Å². The maximum Gasteiger partial charge on any atom is 0.433 e. The number of nitrogens with zero attached hydrogens (tertiary/aromatic N) is 3. The molecule has 1 amide bonds. The van der Waals surface area contributed by atoms with E-state index in [1.165, 1.54) is 24.1 Å². The van der Waals surface area contributed by atoms with Gasteiger partial charge in [-0.15, -0.1) is 0 Å². The molecule has 208 valence electrons. The Labute approximate surface area is 226 Å². The second-order valence-corrected chi connectivity index (χ2v) is 9.07. The lowest BCUT2D eigenvalue weighted by atomic mass is 9.93. The number of carbonyl (C=O) groups excluding carboxylic acids is 2. The number of halogens is 3. The van der Waals surface area contributed by atoms with Gasteiger partial charge in [-0.05, 0) is 42.3 Å². The molecule has 4 aromatic rings. The van der Waals surface area contributed by atoms with Crippen molar-refractivity contribution >= 4 is 22.8 Å². The van der Waals surface area contributed by atoms with Crippen LogP contribution in [0.2, 0.25) is 0 Å². The maximum absolute atomic E-state index is 13.9. The Morgan fingerprint density at radius 2 is 1.85 bits per heavy atom. The van der Waals surface area contributed by atoms with Gasteiger partial charge in [0.25, 0.3) is 5.91 Å². The van der Waals surface area contributed by atoms with Gasteiger partial charge < -0.3 is 24.5 Å². The van der Waals surface area contributed by atoms with E-state index in [2.05, 4.69) is 9.97 Å². The van der Waals surface area contributed by atoms with Crippen molar-refractivity contribution in [2.24, 2.45) is 5.73 Å². The van der Waals surface area contributed by atoms with Crippen molar-refractivity contribution in [1.82, 2.24) is 14.9 Å². The highest BCUT2D eigenvalue weighted by Crippen LogP contribution is 2.37. The maximum atomic E-state index is 13.9. The predicted molar refractivity (Wildman–Crippen MR) is 137 cm³/mol. The molecule has 0 saturated carbocycles. The molecule has 0 unspecified atom stereocenters. The predicted octanol–water partition coefficient (Wildman–Crippen LogP) is 4.51. The lowest BCUT2D eigenvalue weighted by Crippen LogP contribution is -2.49. The Morgan fingerprint density at radius 1 is 1.10 bits per heavy atom. The number of fused-ring (bicyclic) bond motifs is 2. The first-order valence-electron chi connectivity index (χ1n) is 12.5. The lowest BCUT2D eigenvalue weighted by Gasteiger charge is -2.35. The number of hydrogen-bond donors (Lipinski definition) is 1. The van der Waals surface area contributed by atoms with E-state index in [0.717, 1.165) is 17.2 Å². The van der Waals surface area contributed by atoms with Crippen LogP contribution >= 0.6 is 0 Å². The van der Waals surface area contributed by atoms with E-state index in [9.17, 15) is 22.8 Å². The summed E-state index contributed by atoms with van der Waals surface area (Å²) in [7, 11) is 1.32. The molecule has 2 aromatic heterocycles. The van der Waals surface area contributed by atoms with Crippen molar-refractivity contribution in [3.05, 3.63) is 76.8 Å². The van der Waals surface area contributed by atoms with Crippen LogP contribution in [0.25, 0.3) is 22.4 Å². The molecule has 2 N–H and O–H groups in total. The molecular weight excluding hydrogens is 529 g/mol. The molecule has 0 radical (unpaired) electrons. The van der Waals surface area contributed by atoms with E-state index < -0.39 is 29.8 Å². The SMILES string of the molecule is CCOC(=O)[C@@H]1Cc2ccccc2CN1C(=O)c1nc(-c2ccc(OC)c3nc(C(F)(F)F)ccc23)oc1CN. The first-order valence-corrected chi connectivity index (χ1v) is 12.5. The fraction of sp³-hybridized carbons (Fsp3) is 0.286. The molecule has 0 bridgehead atoms. The monoisotopic (exact) mass is 554 g/mol. The number of aromatic nitrogens is 2. The van der Waals surface area contributed by atoms with Gasteiger partial charge in [0.2, 0.25) is 5.89 Å². The summed E-state index contributed by atoms with van der Waals surface area (Å²) in [6, 6.07) is 11.7. The molecule has 1 atom stereocenters. The van der Waals surface area contributed by atoms with E-state index >= 15 is 0 Å². The third kappa shape index (κ3) is 4.86. The van der Waals surface area contributed by atoms with Crippen LogP contribution < -0.4 is 10.5 Å². The second-order valence-electron chi connectivity index (χ2n) is 9.07. The normalized spacial score (nSPS) is 15.2. The van der Waals surface area contributed by atoms with Gasteiger partial charge in [0.15, 0.2) is 11.5 Å². The fourth-order valence-corrected chi connectivity index (χ4v) is 4.80. The van der Waals surface area contributed by atoms with Crippen molar-refractivity contribution in [2.45, 2.75) is 38.7 Å². The molecule has 9 nitrogen and oxygen atoms in total. The molecule has 5 rings (SSSR count). The van der Waals surface area contributed by atoms with Gasteiger partial charge >= 0.3 is 12.1 Å². The van der Waals surface area contributed by atoms with E-state index in [-0.39, 0.29) is 65.7 Å². The van der Waals surface area contributed by atoms with Crippen LogP contribution in [-0.4, -0.2) is 46.5 Å². The van der Waals surface area contributed by atoms with Gasteiger partial charge in [-0.2, -0.15) is 13.2 Å². The van der Waals surface area contributed by atoms with E-state index in [1.54, 1.807) is 13.0 Å². The third-order valence-electron chi connectivity index (χ3n) is 6.71. The standard InChI is InChI=1S/C28H25F3N4O5/c1-3-39-27(37)19-12-15-6-4-5-7-16(15)14-35(19)26(36)24-21(13-32)40-25(34-24)18-8-10-20(38-2)23-17(18)9-11-22(33-23)28(29,30)31/h4-11,19H,3,12-14,32H2,1-2H3/t19-/m0/s1. The molecule has 1 aliphatic heterocycles. The summed E-state index contributed by atoms with van der Waals surface area (Å²) >= 11 is 0. The number of ether oxygens (including phenoxy) is 2. The molecule has 0 spiro atoms. The van der Waals surface area contributed by atoms with Crippen molar-refractivity contribution in [2.75, 3.05) is 13.7 Å². The summed E-state index contributed by atoms with van der Waals surface area (Å²) in [5, 5.41) is 0.271. The van der Waals surface area contributed by atoms with Gasteiger partial charge in [-0.25, -0.2) is 14.8 Å². The number of hydrogen-bond acceptors (Lipinski definition) is 8. The number of methoxy groups -OCH3 is 1. The van der Waals surface area contributed by atoms with E-state index in [1.807, 2.05) is 24.3 Å². The number of pyridine rings is 1. The molecule has 3 heterocycles. The Morgan fingerprint density at radius 3 is 2.52 bits per heavy atom. The van der Waals surface area contributed by atoms with Gasteiger partial charge in [-0.1, -0.05) is 24.3 Å². The minimum Gasteiger partial charge on any atom is -0.494 e. The Hall–Kier alpha value is -4.45. The number of rotatable bonds is 6. The van der Waals surface area contributed by atoms with Crippen molar-refractivity contribution < 1.29 is 36.7 Å². The number of benzene rings is 2. The summed E-state index contributed by atoms with van der Waals surface area (Å²) in [5.41, 5.74) is 6.76. The zero-order valence-electron chi connectivity index (χ0n) is 21.6. The summed E-state index contributed by atoms with van der Waals surface area (Å²) < 4.78 is 56.4. The highest BCUT2D eigenvalue weighted by atomic mass is 19.4. The van der Waals surface area contributed by atoms with E-state index in [0.29, 0.717) is 0 Å². The van der Waals surface area contributed by atoms with Crippen LogP contribution in [0, 0.1) is 0 Å². The van der Waals surface area contributed by atoms with Crippen molar-refractivity contribution in [3.63, 3.8) is 0 Å². The molecule has 0 saturated heterocycles. The largest absolute Gasteiger partial charge is 0.494 e.